The van der Waals surface area contributed by atoms with Crippen molar-refractivity contribution in [3.05, 3.63) is 90.9 Å². The molecule has 1 aromatic heterocycles. The third kappa shape index (κ3) is 16.1. The Balaban J connectivity index is 2.08. The first-order valence-corrected chi connectivity index (χ1v) is 12.7. The van der Waals surface area contributed by atoms with Gasteiger partial charge in [-0.15, -0.1) is 0 Å². The van der Waals surface area contributed by atoms with E-state index in [0.29, 0.717) is 12.0 Å². The summed E-state index contributed by atoms with van der Waals surface area (Å²) in [7, 11) is 0. The van der Waals surface area contributed by atoms with Gasteiger partial charge in [-0.3, -0.25) is 9.78 Å². The van der Waals surface area contributed by atoms with E-state index in [0.717, 1.165) is 44.9 Å². The minimum Gasteiger partial charge on any atom is -0.457 e. The minimum absolute atomic E-state index is 0.0332. The fourth-order valence-corrected chi connectivity index (χ4v) is 3.01. The van der Waals surface area contributed by atoms with Crippen LogP contribution in [0.3, 0.4) is 0 Å². The second kappa shape index (κ2) is 20.2. The van der Waals surface area contributed by atoms with E-state index >= 15 is 0 Å². The molecule has 190 valence electrons. The Morgan fingerprint density at radius 3 is 2.03 bits per heavy atom. The number of nitrogens with zero attached hydrogens (tertiary/aromatic N) is 1. The highest BCUT2D eigenvalue weighted by molar-refractivity contribution is 5.89. The highest BCUT2D eigenvalue weighted by Crippen LogP contribution is 2.06. The topological polar surface area (TPSA) is 68.3 Å². The van der Waals surface area contributed by atoms with Gasteiger partial charge in [0.1, 0.15) is 6.10 Å². The smallest absolute Gasteiger partial charge is 0.340 e. The molecule has 0 saturated carbocycles. The maximum Gasteiger partial charge on any atom is 0.340 e. The number of aromatic nitrogens is 1. The van der Waals surface area contributed by atoms with E-state index in [1.54, 1.807) is 25.3 Å². The van der Waals surface area contributed by atoms with Crippen molar-refractivity contribution < 1.29 is 14.3 Å². The third-order valence-electron chi connectivity index (χ3n) is 5.22. The van der Waals surface area contributed by atoms with Crippen LogP contribution in [-0.4, -0.2) is 29.0 Å². The number of amides is 1. The number of hydrogen-bond acceptors (Lipinski definition) is 4. The van der Waals surface area contributed by atoms with Gasteiger partial charge in [0.15, 0.2) is 0 Å². The van der Waals surface area contributed by atoms with Crippen molar-refractivity contribution in [2.75, 3.05) is 0 Å². The zero-order valence-electron chi connectivity index (χ0n) is 21.6. The number of pyridine rings is 1. The van der Waals surface area contributed by atoms with Gasteiger partial charge >= 0.3 is 5.97 Å². The van der Waals surface area contributed by atoms with Crippen LogP contribution in [0, 0.1) is 0 Å². The maximum atomic E-state index is 12.2. The van der Waals surface area contributed by atoms with E-state index in [-0.39, 0.29) is 11.9 Å². The third-order valence-corrected chi connectivity index (χ3v) is 5.22. The number of allylic oxidation sites excluding steroid dienone is 10. The van der Waals surface area contributed by atoms with Crippen LogP contribution < -0.4 is 5.32 Å². The number of carbonyl (C=O) groups excluding carboxylic acids is 2. The Labute approximate surface area is 211 Å². The summed E-state index contributed by atoms with van der Waals surface area (Å²) in [5.41, 5.74) is 0.398. The van der Waals surface area contributed by atoms with Gasteiger partial charge in [-0.05, 0) is 70.9 Å². The molecule has 0 aliphatic heterocycles. The number of hydrogen-bond donors (Lipinski definition) is 1. The van der Waals surface area contributed by atoms with Gasteiger partial charge in [-0.1, -0.05) is 67.7 Å². The lowest BCUT2D eigenvalue weighted by atomic mass is 10.1. The van der Waals surface area contributed by atoms with Crippen LogP contribution in [0.5, 0.6) is 0 Å². The van der Waals surface area contributed by atoms with E-state index in [1.165, 1.54) is 6.20 Å². The summed E-state index contributed by atoms with van der Waals surface area (Å²) in [6.45, 7) is 5.76. The second-order valence-corrected chi connectivity index (χ2v) is 8.31. The van der Waals surface area contributed by atoms with E-state index in [1.807, 2.05) is 6.92 Å². The predicted molar refractivity (Wildman–Crippen MR) is 145 cm³/mol. The first kappa shape index (κ1) is 29.8. The van der Waals surface area contributed by atoms with Crippen LogP contribution in [0.2, 0.25) is 0 Å². The fraction of sp³-hybridized carbons (Fsp3) is 0.433. The van der Waals surface area contributed by atoms with Crippen LogP contribution in [0.25, 0.3) is 0 Å². The lowest BCUT2D eigenvalue weighted by Crippen LogP contribution is -2.41. The van der Waals surface area contributed by atoms with E-state index in [4.69, 9.17) is 4.74 Å². The maximum absolute atomic E-state index is 12.2. The van der Waals surface area contributed by atoms with Gasteiger partial charge in [-0.2, -0.15) is 0 Å². The van der Waals surface area contributed by atoms with Crippen LogP contribution in [0.15, 0.2) is 85.3 Å². The van der Waals surface area contributed by atoms with Crippen molar-refractivity contribution in [3.63, 3.8) is 0 Å². The number of esters is 1. The van der Waals surface area contributed by atoms with Gasteiger partial charge < -0.3 is 10.1 Å². The Kier molecular flexibility index (Phi) is 17.2. The van der Waals surface area contributed by atoms with Gasteiger partial charge in [0, 0.05) is 18.8 Å². The molecule has 0 fully saturated rings. The molecule has 5 nitrogen and oxygen atoms in total. The molecule has 1 N–H and O–H groups in total. The van der Waals surface area contributed by atoms with E-state index < -0.39 is 12.1 Å². The van der Waals surface area contributed by atoms with Crippen LogP contribution in [0.4, 0.5) is 0 Å². The lowest BCUT2D eigenvalue weighted by molar-refractivity contribution is -0.122. The lowest BCUT2D eigenvalue weighted by Gasteiger charge is -2.21. The largest absolute Gasteiger partial charge is 0.457 e. The van der Waals surface area contributed by atoms with Gasteiger partial charge in [0.05, 0.1) is 11.6 Å². The summed E-state index contributed by atoms with van der Waals surface area (Å²) in [4.78, 5) is 28.2. The number of ether oxygens (including phenoxy) is 1. The first-order valence-electron chi connectivity index (χ1n) is 12.7. The molecule has 2 atom stereocenters. The molecule has 0 aromatic carbocycles. The van der Waals surface area contributed by atoms with Crippen molar-refractivity contribution in [1.82, 2.24) is 10.3 Å². The van der Waals surface area contributed by atoms with Crippen molar-refractivity contribution in [2.24, 2.45) is 0 Å². The minimum atomic E-state index is -0.440. The van der Waals surface area contributed by atoms with Crippen molar-refractivity contribution >= 4 is 11.9 Å². The predicted octanol–water partition coefficient (Wildman–Crippen LogP) is 7.05. The molecular weight excluding hydrogens is 436 g/mol. The van der Waals surface area contributed by atoms with E-state index in [2.05, 4.69) is 78.0 Å². The molecule has 1 heterocycles. The zero-order chi connectivity index (χ0) is 25.6. The van der Waals surface area contributed by atoms with Crippen LogP contribution in [-0.2, 0) is 9.53 Å². The van der Waals surface area contributed by atoms with Crippen molar-refractivity contribution in [1.29, 1.82) is 0 Å². The van der Waals surface area contributed by atoms with Crippen molar-refractivity contribution in [2.45, 2.75) is 84.3 Å². The highest BCUT2D eigenvalue weighted by Gasteiger charge is 2.19. The molecule has 0 aliphatic carbocycles. The number of rotatable bonds is 17. The van der Waals surface area contributed by atoms with Gasteiger partial charge in [0.2, 0.25) is 5.91 Å². The summed E-state index contributed by atoms with van der Waals surface area (Å²) in [6.07, 6.45) is 31.4. The zero-order valence-corrected chi connectivity index (χ0v) is 21.6. The molecule has 0 saturated heterocycles. The van der Waals surface area contributed by atoms with Crippen molar-refractivity contribution in [3.8, 4) is 0 Å². The molecule has 1 rings (SSSR count). The molecule has 0 bridgehead atoms. The SMILES string of the molecule is CC/C=C\C/C=C\C/C=C\C/C=C\C/C=C\CCCC(=O)NC(C)C(C)OC(=O)c1cccnc1. The number of unbranched alkanes of at least 4 members (excludes halogenated alkanes) is 1. The molecule has 2 unspecified atom stereocenters. The number of nitrogens with one attached hydrogen (secondary N) is 1. The summed E-state index contributed by atoms with van der Waals surface area (Å²) in [5, 5.41) is 2.91. The molecular formula is C30H42N2O3. The summed E-state index contributed by atoms with van der Waals surface area (Å²) in [6, 6.07) is 3.07. The Morgan fingerprint density at radius 1 is 0.914 bits per heavy atom. The number of carbonyl (C=O) groups is 2. The highest BCUT2D eigenvalue weighted by atomic mass is 16.5. The second-order valence-electron chi connectivity index (χ2n) is 8.31. The molecule has 0 spiro atoms. The Morgan fingerprint density at radius 2 is 1.49 bits per heavy atom. The fourth-order valence-electron chi connectivity index (χ4n) is 3.01. The summed E-state index contributed by atoms with van der Waals surface area (Å²) < 4.78 is 5.42. The van der Waals surface area contributed by atoms with Crippen LogP contribution >= 0.6 is 0 Å². The average Bonchev–Trinajstić information content (AvgIpc) is 2.86. The quantitative estimate of drug-likeness (QED) is 0.148. The molecule has 1 aromatic rings. The van der Waals surface area contributed by atoms with Gasteiger partial charge in [-0.25, -0.2) is 4.79 Å². The Hall–Kier alpha value is -3.21. The molecule has 1 amide bonds. The summed E-state index contributed by atoms with van der Waals surface area (Å²) in [5.74, 6) is -0.473. The molecule has 0 radical (unpaired) electrons. The first-order chi connectivity index (χ1) is 17.0. The van der Waals surface area contributed by atoms with Crippen LogP contribution in [0.1, 0.15) is 82.5 Å². The standard InChI is InChI=1S/C30H42N2O3/c1-4-5-6-7-8-9-10-11-12-13-14-15-16-17-18-19-20-23-29(33)32-26(2)27(3)35-30(34)28-22-21-24-31-25-28/h5-6,8-9,11-12,14-15,17-18,21-22,24-27H,4,7,10,13,16,19-20,23H2,1-3H3,(H,32,33)/b6-5-,9-8-,12-11-,15-14-,18-17-. The van der Waals surface area contributed by atoms with Gasteiger partial charge in [0.25, 0.3) is 0 Å². The normalized spacial score (nSPS) is 13.9. The average molecular weight is 479 g/mol. The summed E-state index contributed by atoms with van der Waals surface area (Å²) >= 11 is 0. The molecule has 5 heteroatoms. The van der Waals surface area contributed by atoms with E-state index in [9.17, 15) is 9.59 Å². The monoisotopic (exact) mass is 478 g/mol. The molecule has 0 aliphatic rings. The Bertz CT molecular complexity index is 854. The molecule has 35 heavy (non-hydrogen) atoms.